The van der Waals surface area contributed by atoms with Gasteiger partial charge in [-0.05, 0) is 12.1 Å². The minimum atomic E-state index is -1.05. The van der Waals surface area contributed by atoms with Gasteiger partial charge in [-0.15, -0.1) is 0 Å². The Labute approximate surface area is 114 Å². The number of aromatic carboxylic acids is 1. The lowest BCUT2D eigenvalue weighted by molar-refractivity contribution is 0.0698. The predicted octanol–water partition coefficient (Wildman–Crippen LogP) is 1.44. The minimum absolute atomic E-state index is 0.105. The number of imidazole rings is 1. The van der Waals surface area contributed by atoms with Gasteiger partial charge in [-0.25, -0.2) is 14.6 Å². The molecule has 7 nitrogen and oxygen atoms in total. The molecule has 0 aliphatic carbocycles. The summed E-state index contributed by atoms with van der Waals surface area (Å²) in [5.41, 5.74) is 0.971. The van der Waals surface area contributed by atoms with Crippen LogP contribution in [-0.4, -0.2) is 33.2 Å². The Kier molecular flexibility index (Phi) is 3.99. The number of pyridine rings is 1. The van der Waals surface area contributed by atoms with Gasteiger partial charge in [0.2, 0.25) is 0 Å². The van der Waals surface area contributed by atoms with Crippen LogP contribution in [0.4, 0.5) is 4.79 Å². The van der Waals surface area contributed by atoms with Crippen molar-refractivity contribution >= 4 is 17.7 Å². The lowest BCUT2D eigenvalue weighted by Crippen LogP contribution is -2.23. The van der Waals surface area contributed by atoms with Gasteiger partial charge in [0, 0.05) is 12.4 Å². The lowest BCUT2D eigenvalue weighted by atomic mass is 10.3. The summed E-state index contributed by atoms with van der Waals surface area (Å²) in [5, 5.41) is 11.6. The molecule has 2 heterocycles. The Morgan fingerprint density at radius 1 is 1.55 bits per heavy atom. The summed E-state index contributed by atoms with van der Waals surface area (Å²) in [5.74, 6) is -1.05. The quantitative estimate of drug-likeness (QED) is 0.805. The predicted molar refractivity (Wildman–Crippen MR) is 70.5 cm³/mol. The zero-order valence-electron chi connectivity index (χ0n) is 10.6. The molecule has 2 rings (SSSR count). The van der Waals surface area contributed by atoms with Crippen molar-refractivity contribution in [1.82, 2.24) is 14.7 Å². The fourth-order valence-electron chi connectivity index (χ4n) is 1.66. The minimum Gasteiger partial charge on any atom is -0.478 e. The molecule has 0 saturated heterocycles. The molecule has 0 atom stereocenters. The number of rotatable bonds is 5. The fourth-order valence-corrected chi connectivity index (χ4v) is 1.66. The monoisotopic (exact) mass is 275 g/mol. The van der Waals surface area contributed by atoms with E-state index in [-0.39, 0.29) is 18.7 Å². The Balaban J connectivity index is 2.12. The van der Waals surface area contributed by atoms with Crippen LogP contribution in [0.3, 0.4) is 0 Å². The van der Waals surface area contributed by atoms with Crippen molar-refractivity contribution in [2.24, 2.45) is 0 Å². The normalized spacial score (nSPS) is 10.2. The first-order valence-electron chi connectivity index (χ1n) is 5.83. The molecule has 2 aromatic heterocycles. The van der Waals surface area contributed by atoms with Crippen LogP contribution in [0.1, 0.15) is 16.1 Å². The first kappa shape index (κ1) is 13.6. The number of nitrogens with zero attached hydrogens (tertiary/aromatic N) is 2. The molecule has 0 spiro atoms. The second kappa shape index (κ2) is 5.87. The molecule has 2 N–H and O–H groups in total. The van der Waals surface area contributed by atoms with Crippen LogP contribution < -0.4 is 5.32 Å². The largest absolute Gasteiger partial charge is 0.478 e. The van der Waals surface area contributed by atoms with Gasteiger partial charge in [0.1, 0.15) is 12.2 Å². The summed E-state index contributed by atoms with van der Waals surface area (Å²) in [6.45, 7) is 3.70. The highest BCUT2D eigenvalue weighted by Gasteiger charge is 2.12. The van der Waals surface area contributed by atoms with E-state index in [1.807, 2.05) is 0 Å². The van der Waals surface area contributed by atoms with E-state index >= 15 is 0 Å². The van der Waals surface area contributed by atoms with Crippen LogP contribution in [0.15, 0.2) is 37.2 Å². The van der Waals surface area contributed by atoms with Crippen molar-refractivity contribution in [1.29, 1.82) is 0 Å². The number of fused-ring (bicyclic) bond motifs is 1. The first-order chi connectivity index (χ1) is 9.61. The van der Waals surface area contributed by atoms with Crippen molar-refractivity contribution in [2.75, 3.05) is 6.61 Å². The summed E-state index contributed by atoms with van der Waals surface area (Å²) >= 11 is 0. The van der Waals surface area contributed by atoms with Gasteiger partial charge < -0.3 is 19.6 Å². The average molecular weight is 275 g/mol. The van der Waals surface area contributed by atoms with Crippen molar-refractivity contribution in [3.8, 4) is 0 Å². The first-order valence-corrected chi connectivity index (χ1v) is 5.83. The fraction of sp³-hybridized carbons (Fsp3) is 0.154. The summed E-state index contributed by atoms with van der Waals surface area (Å²) in [7, 11) is 0. The van der Waals surface area contributed by atoms with E-state index in [0.29, 0.717) is 11.3 Å². The van der Waals surface area contributed by atoms with Crippen LogP contribution >= 0.6 is 0 Å². The highest BCUT2D eigenvalue weighted by molar-refractivity contribution is 5.94. The molecule has 0 unspecified atom stereocenters. The van der Waals surface area contributed by atoms with E-state index in [0.717, 1.165) is 0 Å². The number of carboxylic acids is 1. The summed E-state index contributed by atoms with van der Waals surface area (Å²) < 4.78 is 6.34. The number of carbonyl (C=O) groups is 2. The van der Waals surface area contributed by atoms with Crippen molar-refractivity contribution in [3.05, 3.63) is 48.4 Å². The van der Waals surface area contributed by atoms with Gasteiger partial charge in [0.15, 0.2) is 5.65 Å². The lowest BCUT2D eigenvalue weighted by Gasteiger charge is -2.02. The molecule has 20 heavy (non-hydrogen) atoms. The van der Waals surface area contributed by atoms with E-state index in [4.69, 9.17) is 9.84 Å². The maximum absolute atomic E-state index is 11.3. The molecule has 1 amide bonds. The van der Waals surface area contributed by atoms with E-state index in [9.17, 15) is 9.59 Å². The molecule has 0 aliphatic heterocycles. The van der Waals surface area contributed by atoms with Gasteiger partial charge in [0.25, 0.3) is 0 Å². The third-order valence-electron chi connectivity index (χ3n) is 2.51. The van der Waals surface area contributed by atoms with Crippen LogP contribution in [0.2, 0.25) is 0 Å². The average Bonchev–Trinajstić information content (AvgIpc) is 2.85. The highest BCUT2D eigenvalue weighted by Crippen LogP contribution is 2.11. The molecule has 0 bridgehead atoms. The molecule has 7 heteroatoms. The molecule has 104 valence electrons. The number of amides is 1. The van der Waals surface area contributed by atoms with Crippen molar-refractivity contribution in [3.63, 3.8) is 0 Å². The van der Waals surface area contributed by atoms with E-state index in [2.05, 4.69) is 16.9 Å². The zero-order chi connectivity index (χ0) is 14.5. The number of ether oxygens (including phenoxy) is 1. The second-order valence-corrected chi connectivity index (χ2v) is 3.93. The van der Waals surface area contributed by atoms with E-state index < -0.39 is 12.1 Å². The molecule has 0 aromatic carbocycles. The van der Waals surface area contributed by atoms with Crippen LogP contribution in [-0.2, 0) is 11.3 Å². The molecule has 0 saturated carbocycles. The zero-order valence-corrected chi connectivity index (χ0v) is 10.6. The van der Waals surface area contributed by atoms with Gasteiger partial charge in [-0.2, -0.15) is 0 Å². The van der Waals surface area contributed by atoms with Gasteiger partial charge >= 0.3 is 12.1 Å². The summed E-state index contributed by atoms with van der Waals surface area (Å²) in [4.78, 5) is 26.5. The number of carbonyl (C=O) groups excluding carboxylic acids is 1. The topological polar surface area (TPSA) is 92.9 Å². The highest BCUT2D eigenvalue weighted by atomic mass is 16.5. The maximum Gasteiger partial charge on any atom is 0.407 e. The summed E-state index contributed by atoms with van der Waals surface area (Å²) in [6, 6.07) is 3.09. The van der Waals surface area contributed by atoms with Crippen molar-refractivity contribution in [2.45, 2.75) is 6.54 Å². The van der Waals surface area contributed by atoms with Crippen molar-refractivity contribution < 1.29 is 19.4 Å². The Morgan fingerprint density at radius 3 is 3.05 bits per heavy atom. The maximum atomic E-state index is 11.3. The number of carboxylic acid groups (broad SMARTS) is 1. The van der Waals surface area contributed by atoms with Gasteiger partial charge in [-0.1, -0.05) is 12.7 Å². The molecule has 0 aliphatic rings. The van der Waals surface area contributed by atoms with Gasteiger partial charge in [-0.3, -0.25) is 0 Å². The van der Waals surface area contributed by atoms with E-state index in [1.54, 1.807) is 22.9 Å². The molecule has 0 radical (unpaired) electrons. The van der Waals surface area contributed by atoms with Crippen LogP contribution in [0, 0.1) is 0 Å². The third kappa shape index (κ3) is 2.94. The third-order valence-corrected chi connectivity index (χ3v) is 2.51. The molecule has 2 aromatic rings. The molecule has 0 fully saturated rings. The number of nitrogens with one attached hydrogen (secondary N) is 1. The standard InChI is InChI=1S/C13H13N3O4/c1-2-6-20-13(19)14-7-9-8-16-5-3-4-10(12(17)18)11(16)15-9/h2-5,8H,1,6-7H2,(H,14,19)(H,17,18). The number of alkyl carbamates (subject to hydrolysis) is 1. The number of hydrogen-bond acceptors (Lipinski definition) is 4. The Morgan fingerprint density at radius 2 is 2.35 bits per heavy atom. The summed E-state index contributed by atoms with van der Waals surface area (Å²) in [6.07, 6.45) is 4.22. The molecular weight excluding hydrogens is 262 g/mol. The second-order valence-electron chi connectivity index (χ2n) is 3.93. The Hall–Kier alpha value is -2.83. The van der Waals surface area contributed by atoms with E-state index in [1.165, 1.54) is 12.1 Å². The smallest absolute Gasteiger partial charge is 0.407 e. The van der Waals surface area contributed by atoms with Crippen LogP contribution in [0.25, 0.3) is 5.65 Å². The number of aromatic nitrogens is 2. The van der Waals surface area contributed by atoms with Gasteiger partial charge in [0.05, 0.1) is 12.2 Å². The van der Waals surface area contributed by atoms with Crippen LogP contribution in [0.5, 0.6) is 0 Å². The SMILES string of the molecule is C=CCOC(=O)NCc1cn2cccc(C(=O)O)c2n1. The Bertz CT molecular complexity index is 663. The molecular formula is C13H13N3O4. The number of hydrogen-bond donors (Lipinski definition) is 2.